The number of alkyl halides is 3. The highest BCUT2D eigenvalue weighted by molar-refractivity contribution is 5.78. The molecule has 0 radical (unpaired) electrons. The molecule has 4 nitrogen and oxygen atoms in total. The molecule has 1 amide bonds. The molecule has 0 aromatic heterocycles. The molecule has 1 aliphatic carbocycles. The minimum absolute atomic E-state index is 0.101. The van der Waals surface area contributed by atoms with Crippen LogP contribution in [-0.4, -0.2) is 42.4 Å². The van der Waals surface area contributed by atoms with Gasteiger partial charge in [-0.2, -0.15) is 13.2 Å². The van der Waals surface area contributed by atoms with Gasteiger partial charge in [0.05, 0.1) is 18.7 Å². The first-order valence-electron chi connectivity index (χ1n) is 6.47. The Hall–Kier alpha value is -0.820. The molecule has 19 heavy (non-hydrogen) atoms. The molecule has 0 saturated heterocycles. The highest BCUT2D eigenvalue weighted by atomic mass is 19.4. The van der Waals surface area contributed by atoms with E-state index in [0.29, 0.717) is 18.8 Å². The van der Waals surface area contributed by atoms with Crippen LogP contribution >= 0.6 is 0 Å². The van der Waals surface area contributed by atoms with Crippen molar-refractivity contribution in [3.05, 3.63) is 0 Å². The third-order valence-corrected chi connectivity index (χ3v) is 3.29. The van der Waals surface area contributed by atoms with E-state index >= 15 is 0 Å². The Morgan fingerprint density at radius 2 is 2.16 bits per heavy atom. The summed E-state index contributed by atoms with van der Waals surface area (Å²) in [5, 5.41) is 14.7. The van der Waals surface area contributed by atoms with Crippen molar-refractivity contribution in [2.75, 3.05) is 19.6 Å². The standard InChI is InChI=1S/C12H21F3N2O2/c1-9-3-2-4-11(19,5-9)7-17-10(18)6-16-8-12(13,14)15/h9,16,19H,2-8H2,1H3,(H,17,18). The summed E-state index contributed by atoms with van der Waals surface area (Å²) in [4.78, 5) is 11.3. The van der Waals surface area contributed by atoms with Gasteiger partial charge < -0.3 is 15.7 Å². The van der Waals surface area contributed by atoms with Crippen molar-refractivity contribution in [2.24, 2.45) is 5.92 Å². The Morgan fingerprint density at radius 3 is 2.74 bits per heavy atom. The number of amides is 1. The number of aliphatic hydroxyl groups is 1. The molecule has 0 aromatic rings. The molecule has 2 atom stereocenters. The molecule has 0 aliphatic heterocycles. The molecule has 1 rings (SSSR count). The number of rotatable bonds is 5. The number of carbonyl (C=O) groups excluding carboxylic acids is 1. The molecule has 0 aromatic carbocycles. The minimum atomic E-state index is -4.32. The highest BCUT2D eigenvalue weighted by Crippen LogP contribution is 2.31. The van der Waals surface area contributed by atoms with E-state index in [1.807, 2.05) is 12.2 Å². The van der Waals surface area contributed by atoms with Crippen molar-refractivity contribution >= 4 is 5.91 Å². The second-order valence-corrected chi connectivity index (χ2v) is 5.42. The average Bonchev–Trinajstić information content (AvgIpc) is 2.24. The maximum atomic E-state index is 11.9. The zero-order chi connectivity index (χ0) is 14.5. The van der Waals surface area contributed by atoms with Gasteiger partial charge in [-0.05, 0) is 18.8 Å². The maximum absolute atomic E-state index is 11.9. The van der Waals surface area contributed by atoms with E-state index in [-0.39, 0.29) is 6.54 Å². The molecule has 1 aliphatic rings. The smallest absolute Gasteiger partial charge is 0.388 e. The molecule has 1 fully saturated rings. The second-order valence-electron chi connectivity index (χ2n) is 5.42. The molecule has 0 heterocycles. The van der Waals surface area contributed by atoms with E-state index in [0.717, 1.165) is 12.8 Å². The van der Waals surface area contributed by atoms with Gasteiger partial charge in [-0.15, -0.1) is 0 Å². The van der Waals surface area contributed by atoms with Crippen LogP contribution in [0.25, 0.3) is 0 Å². The number of halogens is 3. The Labute approximate surface area is 110 Å². The summed E-state index contributed by atoms with van der Waals surface area (Å²) in [6.07, 6.45) is -1.13. The first kappa shape index (κ1) is 16.2. The topological polar surface area (TPSA) is 61.4 Å². The van der Waals surface area contributed by atoms with Gasteiger partial charge in [0, 0.05) is 6.54 Å². The lowest BCUT2D eigenvalue weighted by Gasteiger charge is -2.35. The molecular weight excluding hydrogens is 261 g/mol. The second kappa shape index (κ2) is 6.56. The Morgan fingerprint density at radius 1 is 1.47 bits per heavy atom. The lowest BCUT2D eigenvalue weighted by molar-refractivity contribution is -0.129. The lowest BCUT2D eigenvalue weighted by atomic mass is 9.79. The molecule has 2 unspecified atom stereocenters. The Balaban J connectivity index is 2.22. The van der Waals surface area contributed by atoms with Crippen LogP contribution in [0.2, 0.25) is 0 Å². The van der Waals surface area contributed by atoms with Gasteiger partial charge in [-0.1, -0.05) is 19.8 Å². The largest absolute Gasteiger partial charge is 0.401 e. The first-order chi connectivity index (χ1) is 8.70. The molecule has 1 saturated carbocycles. The number of hydrogen-bond acceptors (Lipinski definition) is 3. The quantitative estimate of drug-likeness (QED) is 0.710. The molecular formula is C12H21F3N2O2. The summed E-state index contributed by atoms with van der Waals surface area (Å²) in [6.45, 7) is 0.549. The first-order valence-corrected chi connectivity index (χ1v) is 6.47. The summed E-state index contributed by atoms with van der Waals surface area (Å²) in [7, 11) is 0. The predicted octanol–water partition coefficient (Wildman–Crippen LogP) is 1.20. The molecule has 0 bridgehead atoms. The van der Waals surface area contributed by atoms with Gasteiger partial charge in [0.2, 0.25) is 5.91 Å². The van der Waals surface area contributed by atoms with Gasteiger partial charge in [0.1, 0.15) is 0 Å². The normalized spacial score (nSPS) is 28.2. The lowest BCUT2D eigenvalue weighted by Crippen LogP contribution is -2.48. The van der Waals surface area contributed by atoms with E-state index < -0.39 is 30.8 Å². The van der Waals surface area contributed by atoms with E-state index in [9.17, 15) is 23.1 Å². The van der Waals surface area contributed by atoms with Crippen LogP contribution in [0.3, 0.4) is 0 Å². The van der Waals surface area contributed by atoms with Crippen LogP contribution < -0.4 is 10.6 Å². The summed E-state index contributed by atoms with van der Waals surface area (Å²) >= 11 is 0. The minimum Gasteiger partial charge on any atom is -0.388 e. The van der Waals surface area contributed by atoms with Crippen LogP contribution in [0.4, 0.5) is 13.2 Å². The van der Waals surface area contributed by atoms with Crippen molar-refractivity contribution in [2.45, 2.75) is 44.4 Å². The van der Waals surface area contributed by atoms with Crippen molar-refractivity contribution in [1.82, 2.24) is 10.6 Å². The van der Waals surface area contributed by atoms with Crippen molar-refractivity contribution in [1.29, 1.82) is 0 Å². The van der Waals surface area contributed by atoms with Crippen LogP contribution in [-0.2, 0) is 4.79 Å². The fourth-order valence-corrected chi connectivity index (χ4v) is 2.44. The van der Waals surface area contributed by atoms with E-state index in [1.165, 1.54) is 0 Å². The Kier molecular flexibility index (Phi) is 5.61. The van der Waals surface area contributed by atoms with Crippen molar-refractivity contribution in [3.63, 3.8) is 0 Å². The van der Waals surface area contributed by atoms with Crippen LogP contribution in [0.5, 0.6) is 0 Å². The number of nitrogens with one attached hydrogen (secondary N) is 2. The van der Waals surface area contributed by atoms with Crippen molar-refractivity contribution < 1.29 is 23.1 Å². The average molecular weight is 282 g/mol. The maximum Gasteiger partial charge on any atom is 0.401 e. The summed E-state index contributed by atoms with van der Waals surface area (Å²) in [5.41, 5.74) is -0.919. The monoisotopic (exact) mass is 282 g/mol. The van der Waals surface area contributed by atoms with Gasteiger partial charge in [-0.3, -0.25) is 4.79 Å². The van der Waals surface area contributed by atoms with Crippen LogP contribution in [0.15, 0.2) is 0 Å². The van der Waals surface area contributed by atoms with Gasteiger partial charge >= 0.3 is 6.18 Å². The van der Waals surface area contributed by atoms with Gasteiger partial charge in [-0.25, -0.2) is 0 Å². The summed E-state index contributed by atoms with van der Waals surface area (Å²) in [6, 6.07) is 0. The highest BCUT2D eigenvalue weighted by Gasteiger charge is 2.33. The zero-order valence-corrected chi connectivity index (χ0v) is 11.0. The summed E-state index contributed by atoms with van der Waals surface area (Å²) in [5.74, 6) is -0.130. The third kappa shape index (κ3) is 6.77. The van der Waals surface area contributed by atoms with Crippen molar-refractivity contribution in [3.8, 4) is 0 Å². The third-order valence-electron chi connectivity index (χ3n) is 3.29. The molecule has 112 valence electrons. The van der Waals surface area contributed by atoms with Crippen LogP contribution in [0, 0.1) is 5.92 Å². The molecule has 3 N–H and O–H groups in total. The van der Waals surface area contributed by atoms with E-state index in [1.54, 1.807) is 0 Å². The predicted molar refractivity (Wildman–Crippen MR) is 64.5 cm³/mol. The molecule has 7 heteroatoms. The number of hydrogen-bond donors (Lipinski definition) is 3. The fourth-order valence-electron chi connectivity index (χ4n) is 2.44. The van der Waals surface area contributed by atoms with Gasteiger partial charge in [0.25, 0.3) is 0 Å². The van der Waals surface area contributed by atoms with Crippen LogP contribution in [0.1, 0.15) is 32.6 Å². The number of carbonyl (C=O) groups is 1. The van der Waals surface area contributed by atoms with Gasteiger partial charge in [0.15, 0.2) is 0 Å². The van der Waals surface area contributed by atoms with E-state index in [4.69, 9.17) is 0 Å². The summed E-state index contributed by atoms with van der Waals surface area (Å²) < 4.78 is 35.6. The fraction of sp³-hybridized carbons (Fsp3) is 0.917. The SMILES string of the molecule is CC1CCCC(O)(CNC(=O)CNCC(F)(F)F)C1. The van der Waals surface area contributed by atoms with E-state index in [2.05, 4.69) is 5.32 Å². The zero-order valence-electron chi connectivity index (χ0n) is 11.0. The molecule has 0 spiro atoms. The Bertz CT molecular complexity index is 310.